The third kappa shape index (κ3) is 4.81. The average Bonchev–Trinajstić information content (AvgIpc) is 3.51. The van der Waals surface area contributed by atoms with Crippen LogP contribution in [0.5, 0.6) is 0 Å². The molecule has 7 heteroatoms. The van der Waals surface area contributed by atoms with Crippen molar-refractivity contribution in [3.63, 3.8) is 0 Å². The summed E-state index contributed by atoms with van der Waals surface area (Å²) in [6, 6.07) is 17.5. The molecule has 1 fully saturated rings. The van der Waals surface area contributed by atoms with Crippen LogP contribution >= 0.6 is 0 Å². The summed E-state index contributed by atoms with van der Waals surface area (Å²) in [5.41, 5.74) is 4.74. The maximum absolute atomic E-state index is 13.2. The molecule has 1 amide bonds. The van der Waals surface area contributed by atoms with Crippen LogP contribution in [0.2, 0.25) is 0 Å². The summed E-state index contributed by atoms with van der Waals surface area (Å²) in [5, 5.41) is 6.09. The van der Waals surface area contributed by atoms with Crippen LogP contribution in [0.15, 0.2) is 65.5 Å². The molecule has 0 radical (unpaired) electrons. The van der Waals surface area contributed by atoms with Crippen molar-refractivity contribution in [2.45, 2.75) is 52.1 Å². The van der Waals surface area contributed by atoms with E-state index in [0.717, 1.165) is 31.6 Å². The first-order valence-electron chi connectivity index (χ1n) is 12.5. The average molecular weight is 472 g/mol. The second-order valence-corrected chi connectivity index (χ2v) is 9.56. The van der Waals surface area contributed by atoms with Crippen LogP contribution < -0.4 is 4.90 Å². The summed E-state index contributed by atoms with van der Waals surface area (Å²) in [7, 11) is 0. The summed E-state index contributed by atoms with van der Waals surface area (Å²) in [6.07, 6.45) is 4.97. The van der Waals surface area contributed by atoms with Crippen molar-refractivity contribution in [1.29, 1.82) is 0 Å². The highest BCUT2D eigenvalue weighted by Gasteiger charge is 2.31. The van der Waals surface area contributed by atoms with Gasteiger partial charge in [0.05, 0.1) is 29.9 Å². The molecule has 182 valence electrons. The number of hydrogen-bond donors (Lipinski definition) is 0. The van der Waals surface area contributed by atoms with Crippen LogP contribution in [-0.2, 0) is 24.1 Å². The standard InChI is InChI=1S/C28H33N5O2/c1-4-26-25-11-10-22(15-27(25)33(30-26)20(2)3)31-12-13-32(28(34)16-24-17-29-19-35-24)23(18-31)14-21-8-6-5-7-9-21/h5-11,15,17,19-20,23H,4,12-14,16,18H2,1-3H3/t23-/m0/s1. The number of hydrogen-bond acceptors (Lipinski definition) is 5. The molecule has 0 spiro atoms. The van der Waals surface area contributed by atoms with Crippen molar-refractivity contribution in [1.82, 2.24) is 19.7 Å². The number of rotatable bonds is 7. The third-order valence-corrected chi connectivity index (χ3v) is 6.88. The van der Waals surface area contributed by atoms with E-state index in [1.54, 1.807) is 6.20 Å². The van der Waals surface area contributed by atoms with Gasteiger partial charge in [0.15, 0.2) is 6.39 Å². The maximum atomic E-state index is 13.2. The maximum Gasteiger partial charge on any atom is 0.230 e. The van der Waals surface area contributed by atoms with Gasteiger partial charge in [-0.25, -0.2) is 4.98 Å². The van der Waals surface area contributed by atoms with Gasteiger partial charge in [-0.2, -0.15) is 5.10 Å². The van der Waals surface area contributed by atoms with E-state index in [4.69, 9.17) is 9.52 Å². The number of carbonyl (C=O) groups excluding carboxylic acids is 1. The van der Waals surface area contributed by atoms with E-state index in [1.165, 1.54) is 28.5 Å². The Morgan fingerprint density at radius 3 is 2.69 bits per heavy atom. The topological polar surface area (TPSA) is 67.4 Å². The number of fused-ring (bicyclic) bond motifs is 1. The van der Waals surface area contributed by atoms with E-state index in [1.807, 2.05) is 11.0 Å². The Morgan fingerprint density at radius 1 is 1.14 bits per heavy atom. The van der Waals surface area contributed by atoms with Gasteiger partial charge in [-0.3, -0.25) is 9.48 Å². The first kappa shape index (κ1) is 23.1. The minimum absolute atomic E-state index is 0.0680. The van der Waals surface area contributed by atoms with E-state index >= 15 is 0 Å². The molecular formula is C28H33N5O2. The Labute approximate surface area is 206 Å². The monoisotopic (exact) mass is 471 g/mol. The molecule has 2 aromatic heterocycles. The molecule has 0 N–H and O–H groups in total. The molecule has 35 heavy (non-hydrogen) atoms. The lowest BCUT2D eigenvalue weighted by Crippen LogP contribution is -2.56. The summed E-state index contributed by atoms with van der Waals surface area (Å²) >= 11 is 0. The van der Waals surface area contributed by atoms with Gasteiger partial charge in [0, 0.05) is 36.7 Å². The molecule has 1 aliphatic rings. The second kappa shape index (κ2) is 9.94. The number of anilines is 1. The zero-order valence-electron chi connectivity index (χ0n) is 20.7. The Morgan fingerprint density at radius 2 is 1.97 bits per heavy atom. The number of piperazine rings is 1. The fraction of sp³-hybridized carbons (Fsp3) is 0.393. The number of carbonyl (C=O) groups is 1. The molecule has 0 aliphatic carbocycles. The van der Waals surface area contributed by atoms with Crippen molar-refractivity contribution in [2.75, 3.05) is 24.5 Å². The first-order valence-corrected chi connectivity index (χ1v) is 12.5. The third-order valence-electron chi connectivity index (χ3n) is 6.88. The van der Waals surface area contributed by atoms with E-state index in [-0.39, 0.29) is 18.4 Å². The van der Waals surface area contributed by atoms with Gasteiger partial charge < -0.3 is 14.2 Å². The Bertz CT molecular complexity index is 1280. The van der Waals surface area contributed by atoms with Gasteiger partial charge in [-0.15, -0.1) is 0 Å². The summed E-state index contributed by atoms with van der Waals surface area (Å²) in [4.78, 5) is 21.6. The minimum atomic E-state index is 0.0680. The van der Waals surface area contributed by atoms with Crippen LogP contribution in [0.1, 0.15) is 43.8 Å². The van der Waals surface area contributed by atoms with Crippen LogP contribution in [0.4, 0.5) is 5.69 Å². The Balaban J connectivity index is 1.42. The van der Waals surface area contributed by atoms with Crippen LogP contribution in [-0.4, -0.2) is 51.2 Å². The first-order chi connectivity index (χ1) is 17.0. The highest BCUT2D eigenvalue weighted by atomic mass is 16.3. The van der Waals surface area contributed by atoms with Crippen molar-refractivity contribution in [2.24, 2.45) is 0 Å². The molecular weight excluding hydrogens is 438 g/mol. The van der Waals surface area contributed by atoms with Crippen molar-refractivity contribution in [3.8, 4) is 0 Å². The Kier molecular flexibility index (Phi) is 6.57. The minimum Gasteiger partial charge on any atom is -0.448 e. The molecule has 5 rings (SSSR count). The van der Waals surface area contributed by atoms with E-state index in [0.29, 0.717) is 18.3 Å². The number of amides is 1. The van der Waals surface area contributed by atoms with Crippen molar-refractivity contribution >= 4 is 22.5 Å². The molecule has 2 aromatic carbocycles. The van der Waals surface area contributed by atoms with E-state index in [2.05, 4.69) is 77.8 Å². The van der Waals surface area contributed by atoms with Crippen LogP contribution in [0.3, 0.4) is 0 Å². The SMILES string of the molecule is CCc1nn(C(C)C)c2cc(N3CCN(C(=O)Cc4cnco4)[C@@H](Cc4ccccc4)C3)ccc12. The van der Waals surface area contributed by atoms with Gasteiger partial charge >= 0.3 is 0 Å². The second-order valence-electron chi connectivity index (χ2n) is 9.56. The smallest absolute Gasteiger partial charge is 0.230 e. The summed E-state index contributed by atoms with van der Waals surface area (Å²) < 4.78 is 7.48. The van der Waals surface area contributed by atoms with Gasteiger partial charge in [0.2, 0.25) is 5.91 Å². The lowest BCUT2D eigenvalue weighted by molar-refractivity contribution is -0.133. The van der Waals surface area contributed by atoms with Crippen molar-refractivity contribution < 1.29 is 9.21 Å². The van der Waals surface area contributed by atoms with Gasteiger partial charge in [-0.05, 0) is 50.5 Å². The number of nitrogens with zero attached hydrogens (tertiary/aromatic N) is 5. The van der Waals surface area contributed by atoms with Crippen LogP contribution in [0, 0.1) is 0 Å². The molecule has 0 saturated carbocycles. The molecule has 1 saturated heterocycles. The highest BCUT2D eigenvalue weighted by molar-refractivity contribution is 5.86. The zero-order chi connectivity index (χ0) is 24.4. The lowest BCUT2D eigenvalue weighted by atomic mass is 10.0. The van der Waals surface area contributed by atoms with Gasteiger partial charge in [0.1, 0.15) is 5.76 Å². The molecule has 4 aromatic rings. The molecule has 0 bridgehead atoms. The predicted molar refractivity (Wildman–Crippen MR) is 138 cm³/mol. The van der Waals surface area contributed by atoms with E-state index in [9.17, 15) is 4.79 Å². The summed E-state index contributed by atoms with van der Waals surface area (Å²) in [5.74, 6) is 0.693. The van der Waals surface area contributed by atoms with Crippen LogP contribution in [0.25, 0.3) is 10.9 Å². The molecule has 3 heterocycles. The van der Waals surface area contributed by atoms with Crippen molar-refractivity contribution in [3.05, 3.63) is 78.1 Å². The molecule has 1 atom stereocenters. The highest BCUT2D eigenvalue weighted by Crippen LogP contribution is 2.29. The molecule has 7 nitrogen and oxygen atoms in total. The normalized spacial score (nSPS) is 16.4. The van der Waals surface area contributed by atoms with Gasteiger partial charge in [0.25, 0.3) is 0 Å². The summed E-state index contributed by atoms with van der Waals surface area (Å²) in [6.45, 7) is 8.74. The van der Waals surface area contributed by atoms with Gasteiger partial charge in [-0.1, -0.05) is 37.3 Å². The molecule has 0 unspecified atom stereocenters. The fourth-order valence-corrected chi connectivity index (χ4v) is 5.10. The number of benzene rings is 2. The largest absolute Gasteiger partial charge is 0.448 e. The number of aromatic nitrogens is 3. The number of aryl methyl sites for hydroxylation is 1. The molecule has 1 aliphatic heterocycles. The van der Waals surface area contributed by atoms with E-state index < -0.39 is 0 Å². The zero-order valence-corrected chi connectivity index (χ0v) is 20.7. The predicted octanol–water partition coefficient (Wildman–Crippen LogP) is 4.67. The quantitative estimate of drug-likeness (QED) is 0.392. The Hall–Kier alpha value is -3.61. The lowest BCUT2D eigenvalue weighted by Gasteiger charge is -2.42. The fourth-order valence-electron chi connectivity index (χ4n) is 5.10. The number of oxazole rings is 1.